The Bertz CT molecular complexity index is 1170. The van der Waals surface area contributed by atoms with Crippen LogP contribution < -0.4 is 16.2 Å². The highest BCUT2D eigenvalue weighted by Gasteiger charge is 2.26. The van der Waals surface area contributed by atoms with E-state index < -0.39 is 5.91 Å². The smallest absolute Gasteiger partial charge is 0.277 e. The Kier molecular flexibility index (Phi) is 5.56. The van der Waals surface area contributed by atoms with Crippen LogP contribution in [0.4, 0.5) is 5.95 Å². The first kappa shape index (κ1) is 20.5. The number of amides is 1. The van der Waals surface area contributed by atoms with Crippen molar-refractivity contribution in [1.29, 1.82) is 0 Å². The molecule has 1 aromatic carbocycles. The number of benzene rings is 1. The van der Waals surface area contributed by atoms with Crippen LogP contribution in [0.25, 0.3) is 11.0 Å². The van der Waals surface area contributed by atoms with E-state index in [4.69, 9.17) is 22.3 Å². The predicted molar refractivity (Wildman–Crippen MR) is 119 cm³/mol. The van der Waals surface area contributed by atoms with E-state index in [1.165, 1.54) is 11.0 Å². The summed E-state index contributed by atoms with van der Waals surface area (Å²) < 4.78 is 3.23. The van der Waals surface area contributed by atoms with E-state index in [1.54, 1.807) is 13.1 Å². The zero-order valence-corrected chi connectivity index (χ0v) is 18.0. The normalized spacial score (nSPS) is 16.9. The Morgan fingerprint density at radius 2 is 2.10 bits per heavy atom. The zero-order valence-electron chi connectivity index (χ0n) is 17.3. The number of primary amides is 1. The van der Waals surface area contributed by atoms with Crippen molar-refractivity contribution in [3.63, 3.8) is 0 Å². The summed E-state index contributed by atoms with van der Waals surface area (Å²) in [5.41, 5.74) is 7.17. The fourth-order valence-electron chi connectivity index (χ4n) is 4.28. The number of rotatable bonds is 5. The number of carbonyl (C=O) groups excluding carboxylic acids is 1. The molecular weight excluding hydrogens is 402 g/mol. The van der Waals surface area contributed by atoms with E-state index in [-0.39, 0.29) is 11.3 Å². The average molecular weight is 428 g/mol. The van der Waals surface area contributed by atoms with Crippen molar-refractivity contribution in [2.75, 3.05) is 18.0 Å². The largest absolute Gasteiger partial charge is 0.364 e. The Morgan fingerprint density at radius 1 is 1.33 bits per heavy atom. The Hall–Kier alpha value is -2.80. The molecular formula is C22H26ClN5O2. The van der Waals surface area contributed by atoms with E-state index in [0.717, 1.165) is 37.4 Å². The number of imidazole rings is 1. The van der Waals surface area contributed by atoms with Crippen LogP contribution in [0.15, 0.2) is 35.1 Å². The third kappa shape index (κ3) is 3.58. The quantitative estimate of drug-likeness (QED) is 0.677. The first-order valence-corrected chi connectivity index (χ1v) is 10.7. The summed E-state index contributed by atoms with van der Waals surface area (Å²) in [4.78, 5) is 32.1. The number of hydrogen-bond acceptors (Lipinski definition) is 4. The lowest BCUT2D eigenvalue weighted by Gasteiger charge is -2.33. The first-order valence-electron chi connectivity index (χ1n) is 10.3. The maximum absolute atomic E-state index is 13.2. The second-order valence-electron chi connectivity index (χ2n) is 7.94. The predicted octanol–water partition coefficient (Wildman–Crippen LogP) is 3.16. The van der Waals surface area contributed by atoms with Gasteiger partial charge in [-0.25, -0.2) is 4.98 Å². The second-order valence-corrected chi connectivity index (χ2v) is 8.35. The number of aromatic nitrogens is 3. The van der Waals surface area contributed by atoms with Gasteiger partial charge in [-0.05, 0) is 36.5 Å². The van der Waals surface area contributed by atoms with E-state index in [0.29, 0.717) is 28.5 Å². The minimum absolute atomic E-state index is 0.145. The van der Waals surface area contributed by atoms with Gasteiger partial charge >= 0.3 is 0 Å². The monoisotopic (exact) mass is 427 g/mol. The second kappa shape index (κ2) is 8.14. The molecule has 1 aliphatic heterocycles. The van der Waals surface area contributed by atoms with Gasteiger partial charge in [-0.3, -0.25) is 9.59 Å². The molecule has 2 aromatic heterocycles. The van der Waals surface area contributed by atoms with Gasteiger partial charge in [0.25, 0.3) is 11.5 Å². The number of nitrogens with two attached hydrogens (primary N) is 1. The summed E-state index contributed by atoms with van der Waals surface area (Å²) in [5, 5.41) is 0.640. The van der Waals surface area contributed by atoms with E-state index in [1.807, 2.05) is 28.8 Å². The van der Waals surface area contributed by atoms with Crippen LogP contribution in [0, 0.1) is 5.92 Å². The van der Waals surface area contributed by atoms with Crippen LogP contribution >= 0.6 is 11.6 Å². The molecule has 1 aliphatic rings. The molecule has 0 unspecified atom stereocenters. The summed E-state index contributed by atoms with van der Waals surface area (Å²) >= 11 is 6.42. The molecule has 7 nitrogen and oxygen atoms in total. The molecule has 158 valence electrons. The topological polar surface area (TPSA) is 86.2 Å². The van der Waals surface area contributed by atoms with Gasteiger partial charge in [0.15, 0.2) is 0 Å². The third-order valence-electron chi connectivity index (χ3n) is 6.03. The van der Waals surface area contributed by atoms with Crippen LogP contribution in [0.5, 0.6) is 0 Å². The molecule has 1 atom stereocenters. The van der Waals surface area contributed by atoms with E-state index in [9.17, 15) is 9.59 Å². The number of halogens is 1. The molecule has 3 heterocycles. The summed E-state index contributed by atoms with van der Waals surface area (Å²) in [5.74, 6) is 0.681. The van der Waals surface area contributed by atoms with Gasteiger partial charge in [0.05, 0.1) is 12.1 Å². The maximum Gasteiger partial charge on any atom is 0.277 e. The van der Waals surface area contributed by atoms with Gasteiger partial charge in [-0.15, -0.1) is 0 Å². The fraction of sp³-hybridized carbons (Fsp3) is 0.409. The van der Waals surface area contributed by atoms with Crippen molar-refractivity contribution in [3.05, 3.63) is 57.0 Å². The van der Waals surface area contributed by atoms with Crippen molar-refractivity contribution in [2.45, 2.75) is 32.7 Å². The van der Waals surface area contributed by atoms with Gasteiger partial charge in [0.1, 0.15) is 11.2 Å². The molecule has 30 heavy (non-hydrogen) atoms. The lowest BCUT2D eigenvalue weighted by molar-refractivity contribution is 0.0991. The van der Waals surface area contributed by atoms with Gasteiger partial charge < -0.3 is 19.8 Å². The van der Waals surface area contributed by atoms with E-state index >= 15 is 0 Å². The summed E-state index contributed by atoms with van der Waals surface area (Å²) in [6.45, 7) is 4.40. The first-order chi connectivity index (χ1) is 14.4. The van der Waals surface area contributed by atoms with Gasteiger partial charge in [0, 0.05) is 25.2 Å². The number of anilines is 1. The molecule has 0 spiro atoms. The summed E-state index contributed by atoms with van der Waals surface area (Å²) in [6, 6.07) is 9.20. The van der Waals surface area contributed by atoms with Crippen LogP contribution in [0.2, 0.25) is 5.02 Å². The Balaban J connectivity index is 1.93. The molecule has 1 amide bonds. The Morgan fingerprint density at radius 3 is 2.80 bits per heavy atom. The molecule has 1 saturated heterocycles. The molecule has 3 aromatic rings. The number of fused-ring (bicyclic) bond motifs is 1. The lowest BCUT2D eigenvalue weighted by Crippen LogP contribution is -2.37. The molecule has 1 fully saturated rings. The van der Waals surface area contributed by atoms with Crippen molar-refractivity contribution >= 4 is 34.5 Å². The highest BCUT2D eigenvalue weighted by atomic mass is 35.5. The van der Waals surface area contributed by atoms with Crippen molar-refractivity contribution in [2.24, 2.45) is 18.7 Å². The number of hydrogen-bond donors (Lipinski definition) is 1. The van der Waals surface area contributed by atoms with Gasteiger partial charge in [0.2, 0.25) is 5.95 Å². The SMILES string of the molecule is CC[C@@H]1CCCN(c2nc3cc(C(N)=O)n(C)c(=O)c3n2Cc2ccccc2Cl)C1. The minimum atomic E-state index is -0.650. The fourth-order valence-corrected chi connectivity index (χ4v) is 4.48. The Labute approximate surface area is 180 Å². The summed E-state index contributed by atoms with van der Waals surface area (Å²) in [6.07, 6.45) is 3.39. The lowest BCUT2D eigenvalue weighted by atomic mass is 9.96. The minimum Gasteiger partial charge on any atom is -0.364 e. The van der Waals surface area contributed by atoms with Crippen LogP contribution in [-0.2, 0) is 13.6 Å². The third-order valence-corrected chi connectivity index (χ3v) is 6.40. The van der Waals surface area contributed by atoms with Gasteiger partial charge in [-0.2, -0.15) is 0 Å². The highest BCUT2D eigenvalue weighted by Crippen LogP contribution is 2.29. The number of carbonyl (C=O) groups is 1. The summed E-state index contributed by atoms with van der Waals surface area (Å²) in [7, 11) is 1.56. The van der Waals surface area contributed by atoms with Gasteiger partial charge in [-0.1, -0.05) is 43.1 Å². The number of pyridine rings is 1. The maximum atomic E-state index is 13.2. The number of nitrogens with zero attached hydrogens (tertiary/aromatic N) is 4. The zero-order chi connectivity index (χ0) is 21.4. The molecule has 0 aliphatic carbocycles. The molecule has 2 N–H and O–H groups in total. The van der Waals surface area contributed by atoms with Crippen molar-refractivity contribution in [3.8, 4) is 0 Å². The van der Waals surface area contributed by atoms with Crippen molar-refractivity contribution in [1.82, 2.24) is 14.1 Å². The average Bonchev–Trinajstić information content (AvgIpc) is 3.10. The van der Waals surface area contributed by atoms with E-state index in [2.05, 4.69) is 11.8 Å². The molecule has 0 bridgehead atoms. The molecule has 0 radical (unpaired) electrons. The standard InChI is InChI=1S/C22H26ClN5O2/c1-3-14-7-6-10-27(12-14)22-25-17-11-18(20(24)29)26(2)21(30)19(17)28(22)13-15-8-4-5-9-16(15)23/h4-5,8-9,11,14H,3,6-7,10,12-13H2,1-2H3,(H2,24,29)/t14-/m1/s1. The molecule has 4 rings (SSSR count). The van der Waals surface area contributed by atoms with Crippen LogP contribution in [0.1, 0.15) is 42.2 Å². The molecule has 0 saturated carbocycles. The van der Waals surface area contributed by atoms with Crippen LogP contribution in [0.3, 0.4) is 0 Å². The highest BCUT2D eigenvalue weighted by molar-refractivity contribution is 6.31. The number of piperidine rings is 1. The van der Waals surface area contributed by atoms with Crippen LogP contribution in [-0.4, -0.2) is 33.1 Å². The molecule has 8 heteroatoms. The van der Waals surface area contributed by atoms with Crippen molar-refractivity contribution < 1.29 is 4.79 Å².